The summed E-state index contributed by atoms with van der Waals surface area (Å²) in [7, 11) is 0. The van der Waals surface area contributed by atoms with Crippen LogP contribution in [0.4, 0.5) is 14.9 Å². The Morgan fingerprint density at radius 2 is 2.04 bits per heavy atom. The molecule has 0 spiro atoms. The first-order valence-corrected chi connectivity index (χ1v) is 7.63. The molecule has 0 radical (unpaired) electrons. The van der Waals surface area contributed by atoms with Crippen molar-refractivity contribution in [2.75, 3.05) is 4.90 Å². The van der Waals surface area contributed by atoms with E-state index >= 15 is 0 Å². The van der Waals surface area contributed by atoms with Gasteiger partial charge in [0.25, 0.3) is 0 Å². The quantitative estimate of drug-likeness (QED) is 0.691. The molecule has 6 nitrogen and oxygen atoms in total. The summed E-state index contributed by atoms with van der Waals surface area (Å²) in [5.41, 5.74) is 0.563. The van der Waals surface area contributed by atoms with Gasteiger partial charge in [-0.15, -0.1) is 5.10 Å². The van der Waals surface area contributed by atoms with Gasteiger partial charge in [-0.05, 0) is 11.6 Å². The smallest absolute Gasteiger partial charge is 0.412 e. The fraction of sp³-hybridized carbons (Fsp3) is 0.0588. The minimum atomic E-state index is -1.29. The molecule has 1 amide bonds. The lowest BCUT2D eigenvalue weighted by Crippen LogP contribution is -2.29. The van der Waals surface area contributed by atoms with Crippen molar-refractivity contribution in [3.05, 3.63) is 71.1 Å². The molecule has 2 N–H and O–H groups in total. The van der Waals surface area contributed by atoms with E-state index in [9.17, 15) is 14.3 Å². The molecule has 1 aromatic heterocycles. The van der Waals surface area contributed by atoms with Gasteiger partial charge in [0.05, 0.1) is 17.3 Å². The average Bonchev–Trinajstić information content (AvgIpc) is 3.10. The molecule has 0 atom stereocenters. The van der Waals surface area contributed by atoms with E-state index in [0.717, 1.165) is 16.5 Å². The first kappa shape index (κ1) is 16.8. The molecule has 8 heteroatoms. The Hall–Kier alpha value is -3.06. The number of amides is 1. The first-order chi connectivity index (χ1) is 12.0. The van der Waals surface area contributed by atoms with Gasteiger partial charge in [0.15, 0.2) is 11.6 Å². The predicted molar refractivity (Wildman–Crippen MR) is 90.7 cm³/mol. The molecule has 0 aliphatic rings. The summed E-state index contributed by atoms with van der Waals surface area (Å²) in [6.07, 6.45) is 0.250. The zero-order valence-electron chi connectivity index (χ0n) is 12.8. The number of aromatic amines is 1. The number of aromatic nitrogens is 2. The van der Waals surface area contributed by atoms with Crippen LogP contribution in [0.1, 0.15) is 5.56 Å². The van der Waals surface area contributed by atoms with Gasteiger partial charge in [0.2, 0.25) is 5.88 Å². The second-order valence-corrected chi connectivity index (χ2v) is 5.51. The number of benzene rings is 2. The van der Waals surface area contributed by atoms with Crippen LogP contribution in [0.5, 0.6) is 11.6 Å². The number of H-pyrrole nitrogens is 1. The van der Waals surface area contributed by atoms with E-state index in [2.05, 4.69) is 10.2 Å². The van der Waals surface area contributed by atoms with Crippen molar-refractivity contribution in [3.63, 3.8) is 0 Å². The summed E-state index contributed by atoms with van der Waals surface area (Å²) in [4.78, 5) is 12.5. The van der Waals surface area contributed by atoms with E-state index in [1.807, 2.05) is 6.07 Å². The second kappa shape index (κ2) is 7.23. The maximum Gasteiger partial charge on any atom is 0.412 e. The van der Waals surface area contributed by atoms with E-state index in [4.69, 9.17) is 16.3 Å². The van der Waals surface area contributed by atoms with E-state index in [1.54, 1.807) is 36.5 Å². The fourth-order valence-corrected chi connectivity index (χ4v) is 2.44. The maximum atomic E-state index is 14.5. The van der Waals surface area contributed by atoms with Gasteiger partial charge in [-0.25, -0.2) is 9.18 Å². The van der Waals surface area contributed by atoms with E-state index < -0.39 is 11.9 Å². The molecule has 128 valence electrons. The molecule has 0 saturated carbocycles. The van der Waals surface area contributed by atoms with Crippen LogP contribution in [0.2, 0.25) is 5.02 Å². The number of rotatable bonds is 5. The molecule has 3 aromatic rings. The molecular weight excluding hydrogens is 349 g/mol. The topological polar surface area (TPSA) is 78.5 Å². The molecule has 3 rings (SSSR count). The van der Waals surface area contributed by atoms with E-state index in [0.29, 0.717) is 0 Å². The third-order valence-corrected chi connectivity index (χ3v) is 3.69. The van der Waals surface area contributed by atoms with Crippen LogP contribution in [0, 0.1) is 5.82 Å². The number of carbonyl (C=O) groups is 1. The number of nitrogens with one attached hydrogen (secondary N) is 1. The lowest BCUT2D eigenvalue weighted by molar-refractivity contribution is 0.201. The van der Waals surface area contributed by atoms with E-state index in [1.165, 1.54) is 6.07 Å². The summed E-state index contributed by atoms with van der Waals surface area (Å²) in [5.74, 6) is -0.512. The molecule has 25 heavy (non-hydrogen) atoms. The molecule has 0 fully saturated rings. The van der Waals surface area contributed by atoms with Crippen LogP contribution >= 0.6 is 11.6 Å². The van der Waals surface area contributed by atoms with Gasteiger partial charge in [0.1, 0.15) is 0 Å². The predicted octanol–water partition coefficient (Wildman–Crippen LogP) is 4.68. The average molecular weight is 362 g/mol. The van der Waals surface area contributed by atoms with Crippen LogP contribution in [0.3, 0.4) is 0 Å². The van der Waals surface area contributed by atoms with Crippen molar-refractivity contribution < 1.29 is 19.0 Å². The van der Waals surface area contributed by atoms with Crippen molar-refractivity contribution in [2.45, 2.75) is 6.54 Å². The lowest BCUT2D eigenvalue weighted by Gasteiger charge is -2.21. The highest BCUT2D eigenvalue weighted by molar-refractivity contribution is 6.32. The van der Waals surface area contributed by atoms with Gasteiger partial charge in [-0.2, -0.15) is 0 Å². The summed E-state index contributed by atoms with van der Waals surface area (Å²) in [5, 5.41) is 15.9. The SMILES string of the molecule is O=C(O)N(Cc1ccccc1)c1cc(Cl)c(Oc2cc[nH]n2)cc1F. The molecule has 2 aromatic carbocycles. The zero-order chi connectivity index (χ0) is 17.8. The number of carboxylic acid groups (broad SMARTS) is 1. The van der Waals surface area contributed by atoms with Gasteiger partial charge in [0, 0.05) is 18.3 Å². The van der Waals surface area contributed by atoms with Gasteiger partial charge in [-0.3, -0.25) is 10.00 Å². The first-order valence-electron chi connectivity index (χ1n) is 7.25. The van der Waals surface area contributed by atoms with Crippen LogP contribution in [0.25, 0.3) is 0 Å². The number of hydrogen-bond acceptors (Lipinski definition) is 3. The van der Waals surface area contributed by atoms with Crippen molar-refractivity contribution in [2.24, 2.45) is 0 Å². The summed E-state index contributed by atoms with van der Waals surface area (Å²) >= 11 is 6.12. The Morgan fingerprint density at radius 1 is 1.28 bits per heavy atom. The maximum absolute atomic E-state index is 14.5. The Kier molecular flexibility index (Phi) is 4.85. The van der Waals surface area contributed by atoms with Gasteiger partial charge >= 0.3 is 6.09 Å². The largest absolute Gasteiger partial charge is 0.465 e. The van der Waals surface area contributed by atoms with Gasteiger partial charge < -0.3 is 9.84 Å². The molecule has 0 saturated heterocycles. The third kappa shape index (κ3) is 3.89. The van der Waals surface area contributed by atoms with Crippen molar-refractivity contribution in [1.29, 1.82) is 0 Å². The standard InChI is InChI=1S/C17H13ClFN3O3/c18-12-8-14(13(19)9-15(12)25-16-6-7-20-21-16)22(17(23)24)10-11-4-2-1-3-5-11/h1-9H,10H2,(H,20,21)(H,23,24). The number of halogens is 2. The van der Waals surface area contributed by atoms with Crippen molar-refractivity contribution in [1.82, 2.24) is 10.2 Å². The summed E-state index contributed by atoms with van der Waals surface area (Å²) < 4.78 is 19.9. The number of nitrogens with zero attached hydrogens (tertiary/aromatic N) is 2. The van der Waals surface area contributed by atoms with Crippen LogP contribution in [-0.4, -0.2) is 21.4 Å². The number of anilines is 1. The monoisotopic (exact) mass is 361 g/mol. The summed E-state index contributed by atoms with van der Waals surface area (Å²) in [6.45, 7) is -0.0109. The lowest BCUT2D eigenvalue weighted by atomic mass is 10.2. The highest BCUT2D eigenvalue weighted by Gasteiger charge is 2.21. The highest BCUT2D eigenvalue weighted by Crippen LogP contribution is 2.35. The van der Waals surface area contributed by atoms with Crippen LogP contribution in [0.15, 0.2) is 54.7 Å². The third-order valence-electron chi connectivity index (χ3n) is 3.40. The van der Waals surface area contributed by atoms with Gasteiger partial charge in [-0.1, -0.05) is 41.9 Å². The molecule has 0 aliphatic heterocycles. The zero-order valence-corrected chi connectivity index (χ0v) is 13.6. The Balaban J connectivity index is 1.91. The summed E-state index contributed by atoms with van der Waals surface area (Å²) in [6, 6.07) is 12.7. The molecule has 0 unspecified atom stereocenters. The fourth-order valence-electron chi connectivity index (χ4n) is 2.24. The van der Waals surface area contributed by atoms with Crippen molar-refractivity contribution in [3.8, 4) is 11.6 Å². The minimum Gasteiger partial charge on any atom is -0.465 e. The number of hydrogen-bond donors (Lipinski definition) is 2. The second-order valence-electron chi connectivity index (χ2n) is 5.10. The van der Waals surface area contributed by atoms with Crippen LogP contribution < -0.4 is 9.64 Å². The number of ether oxygens (including phenoxy) is 1. The molecule has 1 heterocycles. The Morgan fingerprint density at radius 3 is 2.68 bits per heavy atom. The normalized spacial score (nSPS) is 10.5. The molecular formula is C17H13ClFN3O3. The van der Waals surface area contributed by atoms with E-state index in [-0.39, 0.29) is 28.9 Å². The Bertz CT molecular complexity index is 872. The van der Waals surface area contributed by atoms with Crippen LogP contribution in [-0.2, 0) is 6.54 Å². The molecule has 0 bridgehead atoms. The van der Waals surface area contributed by atoms with Crippen molar-refractivity contribution >= 4 is 23.4 Å². The minimum absolute atomic E-state index is 0.0109. The Labute approximate surface area is 147 Å². The molecule has 0 aliphatic carbocycles. The highest BCUT2D eigenvalue weighted by atomic mass is 35.5.